The molecule has 2 heterocycles. The van der Waals surface area contributed by atoms with E-state index in [9.17, 15) is 0 Å². The van der Waals surface area contributed by atoms with Gasteiger partial charge in [0, 0.05) is 25.0 Å². The van der Waals surface area contributed by atoms with Crippen molar-refractivity contribution in [3.05, 3.63) is 16.6 Å². The maximum Gasteiger partial charge on any atom is 0.183 e. The van der Waals surface area contributed by atoms with Crippen LogP contribution in [0.15, 0.2) is 10.9 Å². The Morgan fingerprint density at radius 1 is 1.44 bits per heavy atom. The smallest absolute Gasteiger partial charge is 0.183 e. The van der Waals surface area contributed by atoms with E-state index in [4.69, 9.17) is 4.74 Å². The van der Waals surface area contributed by atoms with Crippen LogP contribution in [0.25, 0.3) is 10.6 Å². The van der Waals surface area contributed by atoms with Gasteiger partial charge in [-0.2, -0.15) is 0 Å². The Labute approximate surface area is 114 Å². The van der Waals surface area contributed by atoms with Crippen LogP contribution in [-0.4, -0.2) is 30.2 Å². The van der Waals surface area contributed by atoms with Crippen LogP contribution in [0.2, 0.25) is 0 Å². The number of rotatable bonds is 6. The Kier molecular flexibility index (Phi) is 3.58. The molecule has 6 heteroatoms. The third kappa shape index (κ3) is 2.55. The van der Waals surface area contributed by atoms with E-state index in [2.05, 4.69) is 20.7 Å². The van der Waals surface area contributed by atoms with Gasteiger partial charge in [-0.05, 0) is 12.8 Å². The highest BCUT2D eigenvalue weighted by atomic mass is 32.1. The lowest BCUT2D eigenvalue weighted by Crippen LogP contribution is -2.07. The summed E-state index contributed by atoms with van der Waals surface area (Å²) >= 11 is 3.33. The van der Waals surface area contributed by atoms with Crippen molar-refractivity contribution in [2.24, 2.45) is 0 Å². The molecule has 0 atom stereocenters. The minimum atomic E-state index is 0.679. The molecule has 18 heavy (non-hydrogen) atoms. The number of nitrogens with one attached hydrogen (secondary N) is 1. The number of nitrogens with zero attached hydrogens (tertiary/aromatic N) is 2. The number of ether oxygens (including phenoxy) is 1. The van der Waals surface area contributed by atoms with E-state index in [-0.39, 0.29) is 0 Å². The first kappa shape index (κ1) is 12.1. The number of hydrogen-bond donors (Lipinski definition) is 1. The molecule has 0 aliphatic heterocycles. The van der Waals surface area contributed by atoms with Crippen molar-refractivity contribution < 1.29 is 4.74 Å². The lowest BCUT2D eigenvalue weighted by Gasteiger charge is -2.00. The largest absolute Gasteiger partial charge is 0.383 e. The molecule has 1 aliphatic rings. The first-order valence-corrected chi connectivity index (χ1v) is 7.76. The molecule has 0 aromatic carbocycles. The molecule has 2 aromatic rings. The molecule has 1 fully saturated rings. The summed E-state index contributed by atoms with van der Waals surface area (Å²) in [5, 5.41) is 6.32. The summed E-state index contributed by atoms with van der Waals surface area (Å²) in [6, 6.07) is 0. The molecule has 2 aromatic heterocycles. The van der Waals surface area contributed by atoms with Crippen molar-refractivity contribution in [2.45, 2.75) is 18.8 Å². The van der Waals surface area contributed by atoms with Crippen molar-refractivity contribution in [3.8, 4) is 10.6 Å². The van der Waals surface area contributed by atoms with Crippen LogP contribution in [0.5, 0.6) is 0 Å². The van der Waals surface area contributed by atoms with Crippen LogP contribution >= 0.6 is 22.7 Å². The molecule has 1 aliphatic carbocycles. The van der Waals surface area contributed by atoms with Gasteiger partial charge in [-0.1, -0.05) is 0 Å². The van der Waals surface area contributed by atoms with E-state index in [1.807, 2.05) is 5.51 Å². The first-order valence-electron chi connectivity index (χ1n) is 6.00. The molecular formula is C12H15N3OS2. The van der Waals surface area contributed by atoms with E-state index in [1.54, 1.807) is 29.8 Å². The Bertz CT molecular complexity index is 519. The minimum absolute atomic E-state index is 0.679. The van der Waals surface area contributed by atoms with Crippen LogP contribution < -0.4 is 5.32 Å². The predicted octanol–water partition coefficient (Wildman–Crippen LogP) is 3.20. The lowest BCUT2D eigenvalue weighted by molar-refractivity contribution is 0.211. The van der Waals surface area contributed by atoms with Gasteiger partial charge in [-0.3, -0.25) is 0 Å². The van der Waals surface area contributed by atoms with Gasteiger partial charge in [-0.15, -0.1) is 22.7 Å². The summed E-state index contributed by atoms with van der Waals surface area (Å²) in [6.45, 7) is 1.49. The highest BCUT2D eigenvalue weighted by molar-refractivity contribution is 7.15. The summed E-state index contributed by atoms with van der Waals surface area (Å²) in [5.41, 5.74) is 4.23. The van der Waals surface area contributed by atoms with Crippen molar-refractivity contribution in [1.29, 1.82) is 0 Å². The average Bonchev–Trinajstić information content (AvgIpc) is 2.92. The second-order valence-electron chi connectivity index (χ2n) is 4.30. The molecule has 1 N–H and O–H groups in total. The Balaban J connectivity index is 1.73. The zero-order chi connectivity index (χ0) is 12.4. The second kappa shape index (κ2) is 5.34. The molecule has 96 valence electrons. The fraction of sp³-hybridized carbons (Fsp3) is 0.500. The summed E-state index contributed by atoms with van der Waals surface area (Å²) < 4.78 is 5.01. The normalized spacial score (nSPS) is 14.9. The summed E-state index contributed by atoms with van der Waals surface area (Å²) in [7, 11) is 1.70. The van der Waals surface area contributed by atoms with Gasteiger partial charge >= 0.3 is 0 Å². The van der Waals surface area contributed by atoms with Crippen LogP contribution in [0.1, 0.15) is 24.5 Å². The topological polar surface area (TPSA) is 47.0 Å². The van der Waals surface area contributed by atoms with Gasteiger partial charge in [0.25, 0.3) is 0 Å². The Hall–Kier alpha value is -0.980. The van der Waals surface area contributed by atoms with E-state index >= 15 is 0 Å². The van der Waals surface area contributed by atoms with Crippen molar-refractivity contribution in [3.63, 3.8) is 0 Å². The average molecular weight is 281 g/mol. The van der Waals surface area contributed by atoms with E-state index < -0.39 is 0 Å². The number of anilines is 1. The van der Waals surface area contributed by atoms with Crippen LogP contribution in [0.3, 0.4) is 0 Å². The molecule has 0 spiro atoms. The molecule has 0 unspecified atom stereocenters. The van der Waals surface area contributed by atoms with Crippen LogP contribution in [0.4, 0.5) is 5.13 Å². The Morgan fingerprint density at radius 2 is 2.33 bits per heavy atom. The van der Waals surface area contributed by atoms with E-state index in [0.717, 1.165) is 17.4 Å². The fourth-order valence-corrected chi connectivity index (χ4v) is 3.46. The minimum Gasteiger partial charge on any atom is -0.383 e. The quantitative estimate of drug-likeness (QED) is 0.826. The zero-order valence-electron chi connectivity index (χ0n) is 10.2. The first-order chi connectivity index (χ1) is 8.88. The lowest BCUT2D eigenvalue weighted by atomic mass is 10.2. The predicted molar refractivity (Wildman–Crippen MR) is 75.6 cm³/mol. The molecular weight excluding hydrogens is 266 g/mol. The second-order valence-corrected chi connectivity index (χ2v) is 6.01. The third-order valence-corrected chi connectivity index (χ3v) is 4.54. The molecule has 1 saturated carbocycles. The Morgan fingerprint density at radius 3 is 3.11 bits per heavy atom. The third-order valence-electron chi connectivity index (χ3n) is 2.88. The molecule has 0 saturated heterocycles. The zero-order valence-corrected chi connectivity index (χ0v) is 11.8. The van der Waals surface area contributed by atoms with Crippen LogP contribution in [-0.2, 0) is 4.74 Å². The van der Waals surface area contributed by atoms with Crippen molar-refractivity contribution >= 4 is 27.8 Å². The maximum atomic E-state index is 5.01. The van der Waals surface area contributed by atoms with Gasteiger partial charge in [0.1, 0.15) is 0 Å². The molecule has 0 amide bonds. The molecule has 4 nitrogen and oxygen atoms in total. The monoisotopic (exact) mass is 281 g/mol. The van der Waals surface area contributed by atoms with Gasteiger partial charge in [0.2, 0.25) is 0 Å². The molecule has 0 radical (unpaired) electrons. The summed E-state index contributed by atoms with van der Waals surface area (Å²) in [4.78, 5) is 10.3. The van der Waals surface area contributed by atoms with Crippen molar-refractivity contribution in [1.82, 2.24) is 9.97 Å². The van der Waals surface area contributed by atoms with Gasteiger partial charge in [0.15, 0.2) is 5.13 Å². The number of methoxy groups -OCH3 is 1. The maximum absolute atomic E-state index is 5.01. The SMILES string of the molecule is COCCNc1nc(-c2scnc2C2CC2)cs1. The summed E-state index contributed by atoms with van der Waals surface area (Å²) in [6.07, 6.45) is 2.56. The standard InChI is InChI=1S/C12H15N3OS2/c1-16-5-4-13-12-15-9(6-17-12)11-10(8-2-3-8)14-7-18-11/h6-8H,2-5H2,1H3,(H,13,15). The number of thiazole rings is 2. The van der Waals surface area contributed by atoms with Gasteiger partial charge in [-0.25, -0.2) is 9.97 Å². The molecule has 3 rings (SSSR count). The van der Waals surface area contributed by atoms with E-state index in [1.165, 1.54) is 23.4 Å². The highest BCUT2D eigenvalue weighted by Gasteiger charge is 2.29. The molecule has 0 bridgehead atoms. The fourth-order valence-electron chi connectivity index (χ4n) is 1.81. The summed E-state index contributed by atoms with van der Waals surface area (Å²) in [5.74, 6) is 0.679. The van der Waals surface area contributed by atoms with Gasteiger partial charge in [0.05, 0.1) is 28.4 Å². The number of aromatic nitrogens is 2. The van der Waals surface area contributed by atoms with E-state index in [0.29, 0.717) is 12.5 Å². The van der Waals surface area contributed by atoms with Crippen LogP contribution in [0, 0.1) is 0 Å². The number of hydrogen-bond acceptors (Lipinski definition) is 6. The highest BCUT2D eigenvalue weighted by Crippen LogP contribution is 2.45. The van der Waals surface area contributed by atoms with Crippen molar-refractivity contribution in [2.75, 3.05) is 25.6 Å². The van der Waals surface area contributed by atoms with Gasteiger partial charge < -0.3 is 10.1 Å².